The topological polar surface area (TPSA) is 139 Å². The molecule has 0 unspecified atom stereocenters. The fourth-order valence-corrected chi connectivity index (χ4v) is 2.60. The Morgan fingerprint density at radius 3 is 2.66 bits per heavy atom. The second-order valence-electron chi connectivity index (χ2n) is 6.10. The standard InChI is InChI=1S/C19H19N5O5/c25-18(21-10-9-20-13-5-7-14(8-6-13)24(27)28)12-29-11-17-22-16-4-2-1-3-15(16)19(26)23-17/h1-8,20H,9-12H2,(H,21,25)(H,22,23,26). The summed E-state index contributed by atoms with van der Waals surface area (Å²) in [6.07, 6.45) is 0. The summed E-state index contributed by atoms with van der Waals surface area (Å²) in [5.41, 5.74) is 1.04. The molecule has 0 atom stereocenters. The first-order valence-corrected chi connectivity index (χ1v) is 8.83. The molecule has 3 aromatic rings. The summed E-state index contributed by atoms with van der Waals surface area (Å²) in [7, 11) is 0. The van der Waals surface area contributed by atoms with Crippen molar-refractivity contribution in [2.24, 2.45) is 0 Å². The number of anilines is 1. The zero-order valence-electron chi connectivity index (χ0n) is 15.4. The average molecular weight is 397 g/mol. The van der Waals surface area contributed by atoms with Gasteiger partial charge in [-0.05, 0) is 24.3 Å². The van der Waals surface area contributed by atoms with Crippen molar-refractivity contribution in [3.05, 3.63) is 74.8 Å². The number of hydrogen-bond donors (Lipinski definition) is 3. The second kappa shape index (κ2) is 9.42. The number of carbonyl (C=O) groups is 1. The van der Waals surface area contributed by atoms with Crippen LogP contribution < -0.4 is 16.2 Å². The number of nitrogens with zero attached hydrogens (tertiary/aromatic N) is 2. The van der Waals surface area contributed by atoms with E-state index in [1.807, 2.05) is 0 Å². The Morgan fingerprint density at radius 2 is 1.90 bits per heavy atom. The van der Waals surface area contributed by atoms with Crippen molar-refractivity contribution >= 4 is 28.2 Å². The minimum Gasteiger partial charge on any atom is -0.383 e. The van der Waals surface area contributed by atoms with E-state index in [1.54, 1.807) is 36.4 Å². The molecule has 1 heterocycles. The van der Waals surface area contributed by atoms with Crippen LogP contribution in [0.25, 0.3) is 10.9 Å². The van der Waals surface area contributed by atoms with E-state index < -0.39 is 4.92 Å². The van der Waals surface area contributed by atoms with Gasteiger partial charge in [0.05, 0.1) is 15.8 Å². The first-order chi connectivity index (χ1) is 14.0. The van der Waals surface area contributed by atoms with Crippen molar-refractivity contribution in [1.29, 1.82) is 0 Å². The third-order valence-electron chi connectivity index (χ3n) is 3.99. The summed E-state index contributed by atoms with van der Waals surface area (Å²) >= 11 is 0. The van der Waals surface area contributed by atoms with E-state index in [2.05, 4.69) is 20.6 Å². The van der Waals surface area contributed by atoms with Crippen molar-refractivity contribution in [2.75, 3.05) is 25.0 Å². The molecule has 1 aromatic heterocycles. The van der Waals surface area contributed by atoms with Crippen molar-refractivity contribution in [2.45, 2.75) is 6.61 Å². The minimum atomic E-state index is -0.465. The number of rotatable bonds is 9. The highest BCUT2D eigenvalue weighted by molar-refractivity contribution is 5.77. The summed E-state index contributed by atoms with van der Waals surface area (Å²) in [6.45, 7) is 0.635. The molecule has 0 saturated heterocycles. The van der Waals surface area contributed by atoms with Gasteiger partial charge in [-0.2, -0.15) is 0 Å². The van der Waals surface area contributed by atoms with E-state index in [-0.39, 0.29) is 30.4 Å². The van der Waals surface area contributed by atoms with Gasteiger partial charge in [-0.25, -0.2) is 4.98 Å². The maximum atomic E-state index is 12.0. The number of benzene rings is 2. The number of amides is 1. The SMILES string of the molecule is O=C(COCc1nc2ccccc2c(=O)[nH]1)NCCNc1ccc([N+](=O)[O-])cc1. The predicted molar refractivity (Wildman–Crippen MR) is 107 cm³/mol. The highest BCUT2D eigenvalue weighted by Gasteiger charge is 2.06. The molecule has 1 amide bonds. The summed E-state index contributed by atoms with van der Waals surface area (Å²) < 4.78 is 5.31. The third kappa shape index (κ3) is 5.59. The number of carbonyl (C=O) groups excluding carboxylic acids is 1. The van der Waals surface area contributed by atoms with Gasteiger partial charge in [-0.15, -0.1) is 0 Å². The number of nitrogens with one attached hydrogen (secondary N) is 3. The number of nitro benzene ring substituents is 1. The zero-order chi connectivity index (χ0) is 20.6. The molecule has 2 aromatic carbocycles. The fourth-order valence-electron chi connectivity index (χ4n) is 2.60. The van der Waals surface area contributed by atoms with Gasteiger partial charge >= 0.3 is 0 Å². The Labute approximate surface area is 165 Å². The van der Waals surface area contributed by atoms with Crippen LogP contribution >= 0.6 is 0 Å². The van der Waals surface area contributed by atoms with E-state index in [0.29, 0.717) is 35.5 Å². The number of aromatic nitrogens is 2. The van der Waals surface area contributed by atoms with Crippen LogP contribution in [0.5, 0.6) is 0 Å². The van der Waals surface area contributed by atoms with Crippen LogP contribution in [-0.2, 0) is 16.1 Å². The lowest BCUT2D eigenvalue weighted by atomic mass is 10.2. The summed E-state index contributed by atoms with van der Waals surface area (Å²) in [6, 6.07) is 13.0. The monoisotopic (exact) mass is 397 g/mol. The lowest BCUT2D eigenvalue weighted by Crippen LogP contribution is -2.31. The zero-order valence-corrected chi connectivity index (χ0v) is 15.4. The highest BCUT2D eigenvalue weighted by Crippen LogP contribution is 2.14. The molecule has 3 rings (SSSR count). The van der Waals surface area contributed by atoms with E-state index in [4.69, 9.17) is 4.74 Å². The predicted octanol–water partition coefficient (Wildman–Crippen LogP) is 1.58. The molecule has 0 radical (unpaired) electrons. The molecule has 0 aliphatic heterocycles. The van der Waals surface area contributed by atoms with Gasteiger partial charge in [0.2, 0.25) is 5.91 Å². The Kier molecular flexibility index (Phi) is 6.48. The van der Waals surface area contributed by atoms with E-state index in [1.165, 1.54) is 12.1 Å². The Morgan fingerprint density at radius 1 is 1.14 bits per heavy atom. The first kappa shape index (κ1) is 20.0. The molecule has 3 N–H and O–H groups in total. The van der Waals surface area contributed by atoms with E-state index in [9.17, 15) is 19.7 Å². The van der Waals surface area contributed by atoms with Crippen LogP contribution in [0, 0.1) is 10.1 Å². The molecule has 10 nitrogen and oxygen atoms in total. The Hall–Kier alpha value is -3.79. The smallest absolute Gasteiger partial charge is 0.269 e. The number of fused-ring (bicyclic) bond motifs is 1. The second-order valence-corrected chi connectivity index (χ2v) is 6.10. The van der Waals surface area contributed by atoms with Crippen molar-refractivity contribution in [3.63, 3.8) is 0 Å². The summed E-state index contributed by atoms with van der Waals surface area (Å²) in [5, 5.41) is 16.8. The van der Waals surface area contributed by atoms with Gasteiger partial charge in [-0.1, -0.05) is 12.1 Å². The van der Waals surface area contributed by atoms with Crippen molar-refractivity contribution in [3.8, 4) is 0 Å². The van der Waals surface area contributed by atoms with Crippen LogP contribution in [0.2, 0.25) is 0 Å². The van der Waals surface area contributed by atoms with E-state index in [0.717, 1.165) is 0 Å². The molecular weight excluding hydrogens is 378 g/mol. The molecule has 0 bridgehead atoms. The van der Waals surface area contributed by atoms with Crippen LogP contribution in [0.3, 0.4) is 0 Å². The van der Waals surface area contributed by atoms with E-state index >= 15 is 0 Å². The van der Waals surface area contributed by atoms with Crippen molar-refractivity contribution < 1.29 is 14.5 Å². The van der Waals surface area contributed by atoms with Crippen molar-refractivity contribution in [1.82, 2.24) is 15.3 Å². The first-order valence-electron chi connectivity index (χ1n) is 8.83. The Balaban J connectivity index is 1.37. The van der Waals surface area contributed by atoms with Crippen LogP contribution in [-0.4, -0.2) is 40.5 Å². The number of ether oxygens (including phenoxy) is 1. The molecule has 0 aliphatic carbocycles. The number of aromatic amines is 1. The third-order valence-corrected chi connectivity index (χ3v) is 3.99. The van der Waals surface area contributed by atoms with Gasteiger partial charge in [0, 0.05) is 30.9 Å². The number of para-hydroxylation sites is 1. The molecule has 0 aliphatic rings. The molecule has 10 heteroatoms. The van der Waals surface area contributed by atoms with Gasteiger partial charge in [0.1, 0.15) is 19.0 Å². The van der Waals surface area contributed by atoms with Crippen LogP contribution in [0.4, 0.5) is 11.4 Å². The number of H-pyrrole nitrogens is 1. The lowest BCUT2D eigenvalue weighted by Gasteiger charge is -2.08. The highest BCUT2D eigenvalue weighted by atomic mass is 16.6. The molecule has 29 heavy (non-hydrogen) atoms. The largest absolute Gasteiger partial charge is 0.383 e. The quantitative estimate of drug-likeness (QED) is 0.283. The van der Waals surface area contributed by atoms with Crippen LogP contribution in [0.15, 0.2) is 53.3 Å². The molecular formula is C19H19N5O5. The van der Waals surface area contributed by atoms with Gasteiger partial charge in [0.15, 0.2) is 0 Å². The maximum absolute atomic E-state index is 12.0. The molecule has 0 fully saturated rings. The number of non-ortho nitro benzene ring substituents is 1. The summed E-state index contributed by atoms with van der Waals surface area (Å²) in [4.78, 5) is 40.8. The van der Waals surface area contributed by atoms with Gasteiger partial charge in [-0.3, -0.25) is 19.7 Å². The Bertz CT molecular complexity index is 1060. The molecule has 0 spiro atoms. The number of nitro groups is 1. The fraction of sp³-hybridized carbons (Fsp3) is 0.211. The minimum absolute atomic E-state index is 0.00847. The molecule has 150 valence electrons. The number of hydrogen-bond acceptors (Lipinski definition) is 7. The van der Waals surface area contributed by atoms with Crippen LogP contribution in [0.1, 0.15) is 5.82 Å². The maximum Gasteiger partial charge on any atom is 0.269 e. The van der Waals surface area contributed by atoms with Gasteiger partial charge in [0.25, 0.3) is 11.2 Å². The lowest BCUT2D eigenvalue weighted by molar-refractivity contribution is -0.384. The summed E-state index contributed by atoms with van der Waals surface area (Å²) in [5.74, 6) is 0.0416. The average Bonchev–Trinajstić information content (AvgIpc) is 2.71. The normalized spacial score (nSPS) is 10.6. The molecule has 0 saturated carbocycles. The van der Waals surface area contributed by atoms with Gasteiger partial charge < -0.3 is 20.4 Å².